The van der Waals surface area contributed by atoms with Gasteiger partial charge in [-0.3, -0.25) is 0 Å². The molecular weight excluding hydrogens is 274 g/mol. The van der Waals surface area contributed by atoms with Crippen LogP contribution in [0.15, 0.2) is 0 Å². The molecule has 1 fully saturated rings. The van der Waals surface area contributed by atoms with E-state index in [1.807, 2.05) is 0 Å². The second kappa shape index (κ2) is 7.62. The van der Waals surface area contributed by atoms with Gasteiger partial charge in [0.05, 0.1) is 0 Å². The van der Waals surface area contributed by atoms with Crippen molar-refractivity contribution in [3.05, 3.63) is 5.28 Å². The summed E-state index contributed by atoms with van der Waals surface area (Å²) in [7, 11) is 2.06. The van der Waals surface area contributed by atoms with Gasteiger partial charge in [0.1, 0.15) is 0 Å². The molecule has 0 bridgehead atoms. The zero-order valence-corrected chi connectivity index (χ0v) is 13.2. The molecule has 5 nitrogen and oxygen atoms in total. The molecule has 1 aliphatic carbocycles. The predicted octanol–water partition coefficient (Wildman–Crippen LogP) is 3.51. The van der Waals surface area contributed by atoms with E-state index in [1.54, 1.807) is 0 Å². The number of nitrogens with zero attached hydrogens (tertiary/aromatic N) is 4. The molecule has 0 unspecified atom stereocenters. The molecule has 0 atom stereocenters. The quantitative estimate of drug-likeness (QED) is 0.843. The summed E-state index contributed by atoms with van der Waals surface area (Å²) in [4.78, 5) is 15.0. The van der Waals surface area contributed by atoms with E-state index >= 15 is 0 Å². The fraction of sp³-hybridized carbons (Fsp3) is 0.786. The van der Waals surface area contributed by atoms with Crippen molar-refractivity contribution in [2.24, 2.45) is 0 Å². The largest absolute Gasteiger partial charge is 0.354 e. The number of hydrogen-bond donors (Lipinski definition) is 1. The van der Waals surface area contributed by atoms with Crippen LogP contribution in [0.1, 0.15) is 51.9 Å². The van der Waals surface area contributed by atoms with E-state index in [0.717, 1.165) is 13.0 Å². The van der Waals surface area contributed by atoms with Crippen molar-refractivity contribution in [3.63, 3.8) is 0 Å². The SMILES string of the molecule is CCCNc1nc(Cl)nc(N(C)C2CCCCCC2)n1. The first-order valence-corrected chi connectivity index (χ1v) is 7.96. The summed E-state index contributed by atoms with van der Waals surface area (Å²) in [5, 5.41) is 3.43. The van der Waals surface area contributed by atoms with Crippen LogP contribution < -0.4 is 10.2 Å². The summed E-state index contributed by atoms with van der Waals surface area (Å²) in [6.07, 6.45) is 8.69. The molecule has 0 spiro atoms. The van der Waals surface area contributed by atoms with Gasteiger partial charge >= 0.3 is 0 Å². The molecule has 0 radical (unpaired) electrons. The first-order valence-electron chi connectivity index (χ1n) is 7.59. The van der Waals surface area contributed by atoms with E-state index in [2.05, 4.69) is 39.1 Å². The van der Waals surface area contributed by atoms with Gasteiger partial charge < -0.3 is 10.2 Å². The van der Waals surface area contributed by atoms with Gasteiger partial charge in [0.15, 0.2) is 0 Å². The molecule has 6 heteroatoms. The fourth-order valence-corrected chi connectivity index (χ4v) is 2.78. The van der Waals surface area contributed by atoms with Crippen LogP contribution in [0.25, 0.3) is 0 Å². The number of nitrogens with one attached hydrogen (secondary N) is 1. The molecule has 1 N–H and O–H groups in total. The first kappa shape index (κ1) is 15.3. The molecule has 1 aliphatic rings. The molecular formula is C14H24ClN5. The fourth-order valence-electron chi connectivity index (χ4n) is 2.62. The molecule has 20 heavy (non-hydrogen) atoms. The maximum Gasteiger partial charge on any atom is 0.231 e. The van der Waals surface area contributed by atoms with Gasteiger partial charge in [0.2, 0.25) is 17.2 Å². The van der Waals surface area contributed by atoms with Crippen molar-refractivity contribution >= 4 is 23.5 Å². The van der Waals surface area contributed by atoms with Gasteiger partial charge in [-0.25, -0.2) is 0 Å². The van der Waals surface area contributed by atoms with Gasteiger partial charge in [0, 0.05) is 19.6 Å². The van der Waals surface area contributed by atoms with Crippen molar-refractivity contribution in [2.45, 2.75) is 57.9 Å². The smallest absolute Gasteiger partial charge is 0.231 e. The third-order valence-corrected chi connectivity index (χ3v) is 3.99. The summed E-state index contributed by atoms with van der Waals surface area (Å²) < 4.78 is 0. The van der Waals surface area contributed by atoms with Crippen molar-refractivity contribution in [1.29, 1.82) is 0 Å². The highest BCUT2D eigenvalue weighted by Gasteiger charge is 2.20. The van der Waals surface area contributed by atoms with E-state index in [4.69, 9.17) is 11.6 Å². The zero-order chi connectivity index (χ0) is 14.4. The maximum atomic E-state index is 6.02. The average molecular weight is 298 g/mol. The van der Waals surface area contributed by atoms with Gasteiger partial charge in [-0.2, -0.15) is 15.0 Å². The molecule has 1 aromatic rings. The third kappa shape index (κ3) is 4.20. The maximum absolute atomic E-state index is 6.02. The molecule has 1 heterocycles. The zero-order valence-electron chi connectivity index (χ0n) is 12.4. The number of aromatic nitrogens is 3. The Bertz CT molecular complexity index is 418. The lowest BCUT2D eigenvalue weighted by Crippen LogP contribution is -2.32. The third-order valence-electron chi connectivity index (χ3n) is 3.82. The Labute approximate surface area is 126 Å². The molecule has 1 aromatic heterocycles. The van der Waals surface area contributed by atoms with Crippen LogP contribution in [0.3, 0.4) is 0 Å². The minimum Gasteiger partial charge on any atom is -0.354 e. The summed E-state index contributed by atoms with van der Waals surface area (Å²) in [5.74, 6) is 1.25. The second-order valence-electron chi connectivity index (χ2n) is 5.41. The highest BCUT2D eigenvalue weighted by atomic mass is 35.5. The van der Waals surface area contributed by atoms with Crippen LogP contribution >= 0.6 is 11.6 Å². The first-order chi connectivity index (χ1) is 9.70. The molecule has 1 saturated carbocycles. The highest BCUT2D eigenvalue weighted by molar-refractivity contribution is 6.28. The van der Waals surface area contributed by atoms with E-state index in [9.17, 15) is 0 Å². The molecule has 0 saturated heterocycles. The van der Waals surface area contributed by atoms with Crippen molar-refractivity contribution in [3.8, 4) is 0 Å². The standard InChI is InChI=1S/C14H24ClN5/c1-3-10-16-13-17-12(15)18-14(19-13)20(2)11-8-6-4-5-7-9-11/h11H,3-10H2,1-2H3,(H,16,17,18,19). The number of hydrogen-bond acceptors (Lipinski definition) is 5. The average Bonchev–Trinajstić information content (AvgIpc) is 2.72. The highest BCUT2D eigenvalue weighted by Crippen LogP contribution is 2.24. The van der Waals surface area contributed by atoms with E-state index in [0.29, 0.717) is 17.9 Å². The van der Waals surface area contributed by atoms with Crippen LogP contribution in [0.5, 0.6) is 0 Å². The van der Waals surface area contributed by atoms with Gasteiger partial charge in [-0.15, -0.1) is 0 Å². The van der Waals surface area contributed by atoms with Crippen LogP contribution in [0, 0.1) is 0 Å². The summed E-state index contributed by atoms with van der Waals surface area (Å²) >= 11 is 6.02. The topological polar surface area (TPSA) is 53.9 Å². The summed E-state index contributed by atoms with van der Waals surface area (Å²) in [6, 6.07) is 0.509. The lowest BCUT2D eigenvalue weighted by atomic mass is 10.1. The lowest BCUT2D eigenvalue weighted by molar-refractivity contribution is 0.544. The van der Waals surface area contributed by atoms with Gasteiger partial charge in [-0.1, -0.05) is 32.6 Å². The van der Waals surface area contributed by atoms with Crippen LogP contribution in [-0.4, -0.2) is 34.6 Å². The minimum atomic E-state index is 0.258. The normalized spacial score (nSPS) is 16.8. The van der Waals surface area contributed by atoms with Crippen LogP contribution in [0.2, 0.25) is 5.28 Å². The predicted molar refractivity (Wildman–Crippen MR) is 83.5 cm³/mol. The van der Waals surface area contributed by atoms with Crippen molar-refractivity contribution in [1.82, 2.24) is 15.0 Å². The van der Waals surface area contributed by atoms with Crippen LogP contribution in [0.4, 0.5) is 11.9 Å². The van der Waals surface area contributed by atoms with E-state index < -0.39 is 0 Å². The second-order valence-corrected chi connectivity index (χ2v) is 5.75. The van der Waals surface area contributed by atoms with E-state index in [-0.39, 0.29) is 5.28 Å². The summed E-state index contributed by atoms with van der Waals surface area (Å²) in [6.45, 7) is 2.95. The molecule has 0 aromatic carbocycles. The monoisotopic (exact) mass is 297 g/mol. The number of halogens is 1. The van der Waals surface area contributed by atoms with Gasteiger partial charge in [0.25, 0.3) is 0 Å². The minimum absolute atomic E-state index is 0.258. The van der Waals surface area contributed by atoms with Crippen molar-refractivity contribution in [2.75, 3.05) is 23.8 Å². The van der Waals surface area contributed by atoms with Crippen molar-refractivity contribution < 1.29 is 0 Å². The lowest BCUT2D eigenvalue weighted by Gasteiger charge is -2.27. The Morgan fingerprint density at radius 2 is 1.85 bits per heavy atom. The Morgan fingerprint density at radius 3 is 2.50 bits per heavy atom. The molecule has 112 valence electrons. The Kier molecular flexibility index (Phi) is 5.83. The Morgan fingerprint density at radius 1 is 1.15 bits per heavy atom. The Hall–Kier alpha value is -1.10. The number of anilines is 2. The van der Waals surface area contributed by atoms with Crippen LogP contribution in [-0.2, 0) is 0 Å². The number of rotatable bonds is 5. The molecule has 2 rings (SSSR count). The Balaban J connectivity index is 2.11. The van der Waals surface area contributed by atoms with Gasteiger partial charge in [-0.05, 0) is 30.9 Å². The molecule has 0 aliphatic heterocycles. The molecule has 0 amide bonds. The summed E-state index contributed by atoms with van der Waals surface area (Å²) in [5.41, 5.74) is 0. The van der Waals surface area contributed by atoms with E-state index in [1.165, 1.54) is 38.5 Å².